The smallest absolute Gasteiger partial charge is 0.215 e. The molecule has 3 aromatic carbocycles. The minimum absolute atomic E-state index is 0.165. The van der Waals surface area contributed by atoms with Crippen molar-refractivity contribution in [2.75, 3.05) is 19.5 Å². The molecule has 0 aliphatic rings. The lowest BCUT2D eigenvalue weighted by Crippen LogP contribution is -1.88. The molecule has 0 saturated carbocycles. The van der Waals surface area contributed by atoms with Crippen molar-refractivity contribution in [3.63, 3.8) is 0 Å². The van der Waals surface area contributed by atoms with Gasteiger partial charge >= 0.3 is 0 Å². The topological polar surface area (TPSA) is 82.8 Å². The molecule has 0 spiro atoms. The fourth-order valence-electron chi connectivity index (χ4n) is 2.79. The van der Waals surface area contributed by atoms with Crippen molar-refractivity contribution < 1.29 is 13.9 Å². The van der Waals surface area contributed by atoms with Gasteiger partial charge in [-0.05, 0) is 61.2 Å². The summed E-state index contributed by atoms with van der Waals surface area (Å²) in [6, 6.07) is 16.8. The zero-order valence-electron chi connectivity index (χ0n) is 18.3. The van der Waals surface area contributed by atoms with Crippen LogP contribution in [0.5, 0.6) is 5.75 Å². The monoisotopic (exact) mass is 437 g/mol. The second kappa shape index (κ2) is 12.0. The predicted octanol–water partition coefficient (Wildman–Crippen LogP) is 6.82. The molecule has 0 radical (unpaired) electrons. The Kier molecular flexibility index (Phi) is 9.16. The van der Waals surface area contributed by atoms with Crippen LogP contribution in [-0.4, -0.2) is 29.3 Å². The van der Waals surface area contributed by atoms with Gasteiger partial charge in [0.15, 0.2) is 5.75 Å². The summed E-state index contributed by atoms with van der Waals surface area (Å²) < 4.78 is 21.3. The Balaban J connectivity index is 0.000000340. The number of nitrogens with one attached hydrogen (secondary N) is 1. The number of halogens is 2. The third-order valence-corrected chi connectivity index (χ3v) is 4.41. The first kappa shape index (κ1) is 24.3. The summed E-state index contributed by atoms with van der Waals surface area (Å²) in [5.74, 6) is -0.325. The number of alkyl halides is 1. The van der Waals surface area contributed by atoms with Crippen LogP contribution in [0.4, 0.5) is 25.8 Å². The number of hydrogen-bond donors (Lipinski definition) is 2. The maximum Gasteiger partial charge on any atom is 0.215 e. The number of phenols is 1. The zero-order chi connectivity index (χ0) is 23.5. The first-order valence-electron chi connectivity index (χ1n) is 9.69. The van der Waals surface area contributed by atoms with E-state index in [1.807, 2.05) is 69.4 Å². The van der Waals surface area contributed by atoms with Gasteiger partial charge in [0.2, 0.25) is 5.95 Å². The number of rotatable bonds is 3. The number of phenolic OH excluding ortho intramolecular Hbond substituents is 1. The zero-order valence-corrected chi connectivity index (χ0v) is 18.3. The van der Waals surface area contributed by atoms with E-state index in [2.05, 4.69) is 25.5 Å². The molecule has 0 saturated heterocycles. The molecule has 0 fully saturated rings. The van der Waals surface area contributed by atoms with E-state index in [1.54, 1.807) is 0 Å². The van der Waals surface area contributed by atoms with Crippen LogP contribution in [0, 0.1) is 19.8 Å². The minimum Gasteiger partial charge on any atom is -0.505 e. The van der Waals surface area contributed by atoms with Gasteiger partial charge in [0, 0.05) is 30.4 Å². The molecule has 0 bridgehead atoms. The number of aryl methyl sites for hydroxylation is 2. The van der Waals surface area contributed by atoms with Crippen molar-refractivity contribution in [1.29, 1.82) is 0 Å². The van der Waals surface area contributed by atoms with Gasteiger partial charge in [0.05, 0.1) is 12.9 Å². The molecule has 6 nitrogen and oxygen atoms in total. The van der Waals surface area contributed by atoms with Gasteiger partial charge in [-0.25, -0.2) is 9.97 Å². The SMILES string of the molecule is CF.CNc1ccc2c(O)c(N=Nc3ccc(C)cc3)c(C)cc2c1.Fc1ccncn1. The maximum atomic E-state index is 11.8. The van der Waals surface area contributed by atoms with E-state index in [4.69, 9.17) is 0 Å². The molecule has 0 aliphatic heterocycles. The van der Waals surface area contributed by atoms with Crippen molar-refractivity contribution in [1.82, 2.24) is 9.97 Å². The number of benzene rings is 3. The Labute approximate surface area is 185 Å². The number of fused-ring (bicyclic) bond motifs is 1. The standard InChI is InChI=1S/C19H19N3O.C4H3FN2.CH3F/c1-12-4-6-15(7-5-12)21-22-18-13(2)10-14-11-16(20-3)8-9-17(14)19(18)23;5-4-1-2-6-3-7-4;1-2/h4-11,20,23H,1-3H3;1-3H;1H3. The first-order chi connectivity index (χ1) is 15.5. The average Bonchev–Trinajstić information content (AvgIpc) is 2.82. The van der Waals surface area contributed by atoms with Crippen LogP contribution in [0.15, 0.2) is 77.3 Å². The summed E-state index contributed by atoms with van der Waals surface area (Å²) in [4.78, 5) is 6.70. The van der Waals surface area contributed by atoms with Crippen molar-refractivity contribution in [2.24, 2.45) is 10.2 Å². The van der Waals surface area contributed by atoms with Crippen LogP contribution in [0.1, 0.15) is 11.1 Å². The number of nitrogens with zero attached hydrogens (tertiary/aromatic N) is 4. The Morgan fingerprint density at radius 3 is 2.22 bits per heavy atom. The molecular weight excluding hydrogens is 412 g/mol. The molecule has 0 atom stereocenters. The highest BCUT2D eigenvalue weighted by atomic mass is 19.1. The van der Waals surface area contributed by atoms with Gasteiger partial charge in [0.1, 0.15) is 12.0 Å². The molecule has 4 aromatic rings. The quantitative estimate of drug-likeness (QED) is 0.272. The molecule has 0 unspecified atom stereocenters. The lowest BCUT2D eigenvalue weighted by atomic mass is 10.0. The van der Waals surface area contributed by atoms with Crippen LogP contribution in [0.25, 0.3) is 10.8 Å². The van der Waals surface area contributed by atoms with E-state index in [1.165, 1.54) is 17.8 Å². The molecule has 32 heavy (non-hydrogen) atoms. The highest BCUT2D eigenvalue weighted by molar-refractivity contribution is 5.95. The van der Waals surface area contributed by atoms with Gasteiger partial charge < -0.3 is 10.4 Å². The lowest BCUT2D eigenvalue weighted by molar-refractivity contribution is 0.482. The number of hydrogen-bond acceptors (Lipinski definition) is 6. The minimum atomic E-state index is -0.491. The summed E-state index contributed by atoms with van der Waals surface area (Å²) >= 11 is 0. The number of aromatic hydroxyl groups is 1. The third kappa shape index (κ3) is 6.53. The molecule has 8 heteroatoms. The van der Waals surface area contributed by atoms with Crippen LogP contribution in [-0.2, 0) is 0 Å². The molecule has 1 aromatic heterocycles. The number of anilines is 1. The van der Waals surface area contributed by atoms with E-state index in [0.29, 0.717) is 12.9 Å². The van der Waals surface area contributed by atoms with Crippen molar-refractivity contribution in [2.45, 2.75) is 13.8 Å². The number of aromatic nitrogens is 2. The van der Waals surface area contributed by atoms with Crippen molar-refractivity contribution >= 4 is 27.8 Å². The summed E-state index contributed by atoms with van der Waals surface area (Å²) in [5, 5.41) is 23.9. The molecular formula is C24H25F2N5O. The number of azo groups is 1. The van der Waals surface area contributed by atoms with Gasteiger partial charge in [0.25, 0.3) is 0 Å². The van der Waals surface area contributed by atoms with Crippen LogP contribution >= 0.6 is 0 Å². The fraction of sp³-hybridized carbons (Fsp3) is 0.167. The molecule has 1 heterocycles. The Bertz CT molecular complexity index is 1170. The van der Waals surface area contributed by atoms with Crippen molar-refractivity contribution in [3.8, 4) is 5.75 Å². The largest absolute Gasteiger partial charge is 0.505 e. The van der Waals surface area contributed by atoms with E-state index < -0.39 is 5.95 Å². The molecule has 166 valence electrons. The van der Waals surface area contributed by atoms with Crippen LogP contribution in [0.2, 0.25) is 0 Å². The maximum absolute atomic E-state index is 11.8. The summed E-state index contributed by atoms with van der Waals surface area (Å²) in [5.41, 5.74) is 4.34. The predicted molar refractivity (Wildman–Crippen MR) is 124 cm³/mol. The van der Waals surface area contributed by atoms with E-state index in [-0.39, 0.29) is 5.75 Å². The Morgan fingerprint density at radius 1 is 0.938 bits per heavy atom. The summed E-state index contributed by atoms with van der Waals surface area (Å²) in [6.45, 7) is 3.95. The highest BCUT2D eigenvalue weighted by Crippen LogP contribution is 2.39. The van der Waals surface area contributed by atoms with E-state index >= 15 is 0 Å². The fourth-order valence-corrected chi connectivity index (χ4v) is 2.79. The van der Waals surface area contributed by atoms with Crippen molar-refractivity contribution in [3.05, 3.63) is 84.2 Å². The van der Waals surface area contributed by atoms with E-state index in [9.17, 15) is 13.9 Å². The molecule has 0 amide bonds. The molecule has 2 N–H and O–H groups in total. The normalized spacial score (nSPS) is 10.2. The molecule has 0 aliphatic carbocycles. The highest BCUT2D eigenvalue weighted by Gasteiger charge is 2.10. The van der Waals surface area contributed by atoms with Gasteiger partial charge in [-0.1, -0.05) is 17.7 Å². The van der Waals surface area contributed by atoms with Gasteiger partial charge in [-0.3, -0.25) is 4.39 Å². The van der Waals surface area contributed by atoms with E-state index in [0.717, 1.165) is 34.0 Å². The third-order valence-electron chi connectivity index (χ3n) is 4.41. The summed E-state index contributed by atoms with van der Waals surface area (Å²) in [7, 11) is 2.37. The second-order valence-corrected chi connectivity index (χ2v) is 6.64. The Morgan fingerprint density at radius 2 is 1.66 bits per heavy atom. The summed E-state index contributed by atoms with van der Waals surface area (Å²) in [6.07, 6.45) is 2.51. The Hall–Kier alpha value is -3.94. The average molecular weight is 437 g/mol. The molecule has 4 rings (SSSR count). The second-order valence-electron chi connectivity index (χ2n) is 6.64. The van der Waals surface area contributed by atoms with Gasteiger partial charge in [-0.15, -0.1) is 5.11 Å². The van der Waals surface area contributed by atoms with Crippen LogP contribution < -0.4 is 5.32 Å². The van der Waals surface area contributed by atoms with Gasteiger partial charge in [-0.2, -0.15) is 9.50 Å². The first-order valence-corrected chi connectivity index (χ1v) is 9.69. The lowest BCUT2D eigenvalue weighted by Gasteiger charge is -2.09. The van der Waals surface area contributed by atoms with Crippen LogP contribution in [0.3, 0.4) is 0 Å².